The largest absolute Gasteiger partial charge is 0.618 e. The minimum Gasteiger partial charge on any atom is -0.618 e. The topological polar surface area (TPSA) is 44.8 Å². The molecule has 0 unspecified atom stereocenters. The lowest BCUT2D eigenvalue weighted by molar-refractivity contribution is -0.577. The summed E-state index contributed by atoms with van der Waals surface area (Å²) in [5.74, 6) is 0. The highest BCUT2D eigenvalue weighted by Gasteiger charge is 2.05. The number of aromatic nitrogens is 3. The van der Waals surface area contributed by atoms with Gasteiger partial charge < -0.3 is 9.77 Å². The Labute approximate surface area is 110 Å². The fourth-order valence-corrected chi connectivity index (χ4v) is 2.08. The third kappa shape index (κ3) is 2.08. The maximum absolute atomic E-state index is 11.7. The van der Waals surface area contributed by atoms with Crippen molar-refractivity contribution in [1.82, 2.24) is 9.55 Å². The highest BCUT2D eigenvalue weighted by Crippen LogP contribution is 2.17. The molecule has 0 N–H and O–H groups in total. The van der Waals surface area contributed by atoms with E-state index >= 15 is 0 Å². The van der Waals surface area contributed by atoms with E-state index in [1.165, 1.54) is 6.20 Å². The molecule has 4 heteroatoms. The highest BCUT2D eigenvalue weighted by molar-refractivity contribution is 5.88. The molecule has 0 amide bonds. The first-order valence-corrected chi connectivity index (χ1v) is 6.01. The summed E-state index contributed by atoms with van der Waals surface area (Å²) in [6, 6.07) is 9.40. The summed E-state index contributed by atoms with van der Waals surface area (Å²) in [5, 5.41) is 12.6. The van der Waals surface area contributed by atoms with Crippen LogP contribution in [0.2, 0.25) is 0 Å². The van der Waals surface area contributed by atoms with E-state index in [1.807, 2.05) is 54.1 Å². The Morgan fingerprint density at radius 2 is 2.05 bits per heavy atom. The molecule has 0 bridgehead atoms. The van der Waals surface area contributed by atoms with Crippen LogP contribution in [0.5, 0.6) is 0 Å². The number of fused-ring (bicyclic) bond motifs is 1. The van der Waals surface area contributed by atoms with Crippen LogP contribution in [0.1, 0.15) is 11.3 Å². The van der Waals surface area contributed by atoms with Gasteiger partial charge in [0.25, 0.3) is 0 Å². The van der Waals surface area contributed by atoms with Crippen molar-refractivity contribution < 1.29 is 4.73 Å². The molecule has 4 nitrogen and oxygen atoms in total. The number of aryl methyl sites for hydroxylation is 1. The van der Waals surface area contributed by atoms with Gasteiger partial charge in [0.2, 0.25) is 5.52 Å². The van der Waals surface area contributed by atoms with E-state index in [0.717, 1.165) is 21.4 Å². The van der Waals surface area contributed by atoms with E-state index in [0.29, 0.717) is 5.52 Å². The molecule has 19 heavy (non-hydrogen) atoms. The molecule has 3 rings (SSSR count). The molecule has 0 fully saturated rings. The predicted octanol–water partition coefficient (Wildman–Crippen LogP) is 2.38. The normalized spacial score (nSPS) is 11.4. The van der Waals surface area contributed by atoms with Crippen LogP contribution in [-0.4, -0.2) is 9.55 Å². The van der Waals surface area contributed by atoms with Crippen LogP contribution in [-0.2, 0) is 7.05 Å². The van der Waals surface area contributed by atoms with Crippen molar-refractivity contribution in [2.24, 2.45) is 7.05 Å². The van der Waals surface area contributed by atoms with Crippen LogP contribution < -0.4 is 4.73 Å². The average Bonchev–Trinajstić information content (AvgIpc) is 2.84. The number of pyridine rings is 1. The fraction of sp³-hybridized carbons (Fsp3) is 0.0667. The second-order valence-corrected chi connectivity index (χ2v) is 4.38. The van der Waals surface area contributed by atoms with Crippen molar-refractivity contribution in [3.05, 3.63) is 65.5 Å². The smallest absolute Gasteiger partial charge is 0.224 e. The number of hydrogen-bond acceptors (Lipinski definition) is 2. The van der Waals surface area contributed by atoms with Gasteiger partial charge in [0.1, 0.15) is 0 Å². The van der Waals surface area contributed by atoms with Crippen LogP contribution in [0.25, 0.3) is 23.1 Å². The summed E-state index contributed by atoms with van der Waals surface area (Å²) in [4.78, 5) is 4.07. The lowest BCUT2D eigenvalue weighted by Crippen LogP contribution is -2.26. The van der Waals surface area contributed by atoms with Crippen molar-refractivity contribution in [2.75, 3.05) is 0 Å². The number of nitrogens with zero attached hydrogens (tertiary/aromatic N) is 3. The van der Waals surface area contributed by atoms with Crippen LogP contribution >= 0.6 is 0 Å². The number of hydrogen-bond donors (Lipinski definition) is 0. The van der Waals surface area contributed by atoms with Crippen LogP contribution in [0.4, 0.5) is 0 Å². The van der Waals surface area contributed by atoms with Gasteiger partial charge >= 0.3 is 0 Å². The molecule has 0 saturated carbocycles. The molecule has 94 valence electrons. The minimum absolute atomic E-state index is 0.676. The first-order valence-electron chi connectivity index (χ1n) is 6.01. The zero-order chi connectivity index (χ0) is 13.2. The second kappa shape index (κ2) is 4.57. The van der Waals surface area contributed by atoms with E-state index in [4.69, 9.17) is 0 Å². The Balaban J connectivity index is 2.09. The lowest BCUT2D eigenvalue weighted by Gasteiger charge is -2.03. The van der Waals surface area contributed by atoms with Crippen molar-refractivity contribution in [3.63, 3.8) is 0 Å². The van der Waals surface area contributed by atoms with E-state index in [2.05, 4.69) is 4.98 Å². The number of benzene rings is 1. The molecule has 3 aromatic rings. The molecule has 0 aliphatic carbocycles. The molecule has 0 atom stereocenters. The van der Waals surface area contributed by atoms with Crippen LogP contribution in [0.15, 0.2) is 49.1 Å². The van der Waals surface area contributed by atoms with Gasteiger partial charge in [-0.05, 0) is 17.7 Å². The Morgan fingerprint density at radius 1 is 1.21 bits per heavy atom. The van der Waals surface area contributed by atoms with Gasteiger partial charge in [-0.3, -0.25) is 0 Å². The first kappa shape index (κ1) is 11.5. The summed E-state index contributed by atoms with van der Waals surface area (Å²) in [5.41, 5.74) is 2.71. The van der Waals surface area contributed by atoms with Gasteiger partial charge in [-0.1, -0.05) is 18.2 Å². The van der Waals surface area contributed by atoms with E-state index < -0.39 is 0 Å². The molecule has 0 saturated heterocycles. The fourth-order valence-electron chi connectivity index (χ4n) is 2.08. The zero-order valence-electron chi connectivity index (χ0n) is 10.5. The van der Waals surface area contributed by atoms with Crippen molar-refractivity contribution in [1.29, 1.82) is 0 Å². The van der Waals surface area contributed by atoms with Crippen molar-refractivity contribution in [3.8, 4) is 0 Å². The van der Waals surface area contributed by atoms with Crippen molar-refractivity contribution >= 4 is 23.1 Å². The van der Waals surface area contributed by atoms with Gasteiger partial charge in [-0.2, -0.15) is 4.73 Å². The maximum Gasteiger partial charge on any atom is 0.224 e. The molecule has 0 radical (unpaired) electrons. The quantitative estimate of drug-likeness (QED) is 0.518. The predicted molar refractivity (Wildman–Crippen MR) is 75.0 cm³/mol. The second-order valence-electron chi connectivity index (χ2n) is 4.38. The molecule has 2 heterocycles. The molecular formula is C15H13N3O. The third-order valence-electron chi connectivity index (χ3n) is 3.13. The molecular weight excluding hydrogens is 238 g/mol. The first-order chi connectivity index (χ1) is 9.25. The third-order valence-corrected chi connectivity index (χ3v) is 3.13. The SMILES string of the molecule is Cn1cncc1/C=C/c1cc[n+]([O-])c2ccccc12. The molecule has 2 aromatic heterocycles. The Kier molecular flexibility index (Phi) is 2.76. The van der Waals surface area contributed by atoms with Gasteiger partial charge in [0, 0.05) is 19.2 Å². The summed E-state index contributed by atoms with van der Waals surface area (Å²) >= 11 is 0. The monoisotopic (exact) mass is 251 g/mol. The standard InChI is InChI=1S/C15H13N3O/c1-17-11-16-10-13(17)7-6-12-8-9-18(19)15-5-3-2-4-14(12)15/h2-11H,1H3/b7-6+. The van der Waals surface area contributed by atoms with E-state index in [1.54, 1.807) is 12.5 Å². The summed E-state index contributed by atoms with van der Waals surface area (Å²) in [6.45, 7) is 0. The zero-order valence-corrected chi connectivity index (χ0v) is 10.5. The Bertz CT molecular complexity index is 759. The van der Waals surface area contributed by atoms with Crippen molar-refractivity contribution in [2.45, 2.75) is 0 Å². The molecule has 0 aliphatic rings. The minimum atomic E-state index is 0.676. The summed E-state index contributed by atoms with van der Waals surface area (Å²) in [6.07, 6.45) is 9.08. The van der Waals surface area contributed by atoms with E-state index in [-0.39, 0.29) is 0 Å². The Morgan fingerprint density at radius 3 is 2.84 bits per heavy atom. The number of imidazole rings is 1. The van der Waals surface area contributed by atoms with Gasteiger partial charge in [-0.15, -0.1) is 0 Å². The number of rotatable bonds is 2. The number of para-hydroxylation sites is 1. The van der Waals surface area contributed by atoms with Gasteiger partial charge in [0.05, 0.1) is 23.6 Å². The highest BCUT2D eigenvalue weighted by atomic mass is 16.5. The van der Waals surface area contributed by atoms with Crippen LogP contribution in [0, 0.1) is 5.21 Å². The average molecular weight is 251 g/mol. The molecule has 0 spiro atoms. The lowest BCUT2D eigenvalue weighted by atomic mass is 10.1. The van der Waals surface area contributed by atoms with E-state index in [9.17, 15) is 5.21 Å². The molecule has 0 aliphatic heterocycles. The maximum atomic E-state index is 11.7. The van der Waals surface area contributed by atoms with Gasteiger partial charge in [0.15, 0.2) is 6.20 Å². The summed E-state index contributed by atoms with van der Waals surface area (Å²) < 4.78 is 2.83. The molecule has 1 aromatic carbocycles. The van der Waals surface area contributed by atoms with Gasteiger partial charge in [-0.25, -0.2) is 4.98 Å². The van der Waals surface area contributed by atoms with Crippen LogP contribution in [0.3, 0.4) is 0 Å². The summed E-state index contributed by atoms with van der Waals surface area (Å²) in [7, 11) is 1.95. The Hall–Kier alpha value is -2.62.